The van der Waals surface area contributed by atoms with E-state index in [-0.39, 0.29) is 12.2 Å². The van der Waals surface area contributed by atoms with Crippen LogP contribution in [0.4, 0.5) is 0 Å². The number of rotatable bonds is 3. The Morgan fingerprint density at radius 2 is 2.40 bits per heavy atom. The molecule has 0 saturated heterocycles. The van der Waals surface area contributed by atoms with Gasteiger partial charge in [0.05, 0.1) is 6.61 Å². The van der Waals surface area contributed by atoms with Crippen LogP contribution in [-0.2, 0) is 9.53 Å². The normalized spacial score (nSPS) is 10.9. The van der Waals surface area contributed by atoms with Gasteiger partial charge in [0.1, 0.15) is 23.2 Å². The summed E-state index contributed by atoms with van der Waals surface area (Å²) >= 11 is 0. The van der Waals surface area contributed by atoms with E-state index < -0.39 is 5.97 Å². The van der Waals surface area contributed by atoms with Gasteiger partial charge in [-0.1, -0.05) is 0 Å². The summed E-state index contributed by atoms with van der Waals surface area (Å²) in [7, 11) is 0. The molecule has 0 aromatic carbocycles. The Hall–Kier alpha value is -2.02. The molecule has 1 aromatic rings. The lowest BCUT2D eigenvalue weighted by Crippen LogP contribution is -2.05. The van der Waals surface area contributed by atoms with Crippen molar-refractivity contribution >= 4 is 12.0 Å². The van der Waals surface area contributed by atoms with Gasteiger partial charge >= 0.3 is 5.97 Å². The van der Waals surface area contributed by atoms with E-state index in [1.54, 1.807) is 32.0 Å². The zero-order chi connectivity index (χ0) is 11.3. The van der Waals surface area contributed by atoms with Gasteiger partial charge in [0, 0.05) is 6.08 Å². The number of hydrogen-bond acceptors (Lipinski definition) is 4. The van der Waals surface area contributed by atoms with Crippen LogP contribution in [0.1, 0.15) is 18.4 Å². The highest BCUT2D eigenvalue weighted by Gasteiger charge is 2.10. The summed E-state index contributed by atoms with van der Waals surface area (Å²) in [5.41, 5.74) is -0.0637. The molecule has 0 bridgehead atoms. The number of hydrogen-bond donors (Lipinski definition) is 0. The lowest BCUT2D eigenvalue weighted by molar-refractivity contribution is -0.137. The summed E-state index contributed by atoms with van der Waals surface area (Å²) in [4.78, 5) is 11.2. The number of esters is 1. The summed E-state index contributed by atoms with van der Waals surface area (Å²) in [5, 5.41) is 8.73. The molecule has 0 radical (unpaired) electrons. The molecule has 0 fully saturated rings. The summed E-state index contributed by atoms with van der Waals surface area (Å²) < 4.78 is 9.91. The third-order valence-corrected chi connectivity index (χ3v) is 1.66. The van der Waals surface area contributed by atoms with E-state index in [2.05, 4.69) is 0 Å². The highest BCUT2D eigenvalue weighted by molar-refractivity contribution is 5.97. The smallest absolute Gasteiger partial charge is 0.349 e. The van der Waals surface area contributed by atoms with Crippen molar-refractivity contribution in [2.24, 2.45) is 0 Å². The summed E-state index contributed by atoms with van der Waals surface area (Å²) in [6.07, 6.45) is 1.37. The zero-order valence-corrected chi connectivity index (χ0v) is 8.61. The Labute approximate surface area is 87.8 Å². The quantitative estimate of drug-likeness (QED) is 0.430. The van der Waals surface area contributed by atoms with E-state index in [0.717, 1.165) is 5.76 Å². The van der Waals surface area contributed by atoms with E-state index in [4.69, 9.17) is 14.4 Å². The second-order valence-electron chi connectivity index (χ2n) is 2.84. The molecule has 1 aromatic heterocycles. The average molecular weight is 205 g/mol. The van der Waals surface area contributed by atoms with Crippen LogP contribution in [0.3, 0.4) is 0 Å². The van der Waals surface area contributed by atoms with E-state index in [1.165, 1.54) is 6.08 Å². The first-order valence-corrected chi connectivity index (χ1v) is 4.52. The van der Waals surface area contributed by atoms with Gasteiger partial charge in [0.15, 0.2) is 0 Å². The van der Waals surface area contributed by atoms with Crippen molar-refractivity contribution in [3.63, 3.8) is 0 Å². The monoisotopic (exact) mass is 205 g/mol. The van der Waals surface area contributed by atoms with Crippen LogP contribution in [-0.4, -0.2) is 12.6 Å². The van der Waals surface area contributed by atoms with Crippen molar-refractivity contribution in [3.05, 3.63) is 29.2 Å². The van der Waals surface area contributed by atoms with Gasteiger partial charge in [-0.3, -0.25) is 0 Å². The lowest BCUT2D eigenvalue weighted by atomic mass is 10.2. The summed E-state index contributed by atoms with van der Waals surface area (Å²) in [5.74, 6) is 0.563. The molecule has 15 heavy (non-hydrogen) atoms. The minimum atomic E-state index is -0.631. The molecule has 0 unspecified atom stereocenters. The maximum Gasteiger partial charge on any atom is 0.349 e. The maximum absolute atomic E-state index is 11.2. The summed E-state index contributed by atoms with van der Waals surface area (Å²) in [6.45, 7) is 3.72. The van der Waals surface area contributed by atoms with Crippen LogP contribution in [0.5, 0.6) is 0 Å². The first-order valence-electron chi connectivity index (χ1n) is 4.52. The highest BCUT2D eigenvalue weighted by Crippen LogP contribution is 2.11. The third-order valence-electron chi connectivity index (χ3n) is 1.66. The molecule has 0 N–H and O–H groups in total. The second-order valence-corrected chi connectivity index (χ2v) is 2.84. The maximum atomic E-state index is 11.2. The van der Waals surface area contributed by atoms with Gasteiger partial charge in [-0.25, -0.2) is 4.79 Å². The fraction of sp³-hybridized carbons (Fsp3) is 0.273. The van der Waals surface area contributed by atoms with Crippen LogP contribution >= 0.6 is 0 Å². The fourth-order valence-electron chi connectivity index (χ4n) is 1.02. The molecule has 1 heterocycles. The van der Waals surface area contributed by atoms with Crippen LogP contribution in [0, 0.1) is 18.3 Å². The minimum absolute atomic E-state index is 0.0637. The number of carbonyl (C=O) groups is 1. The molecule has 0 atom stereocenters. The van der Waals surface area contributed by atoms with E-state index in [9.17, 15) is 4.79 Å². The van der Waals surface area contributed by atoms with E-state index in [0.29, 0.717) is 5.76 Å². The Balaban J connectivity index is 2.88. The number of ether oxygens (including phenoxy) is 1. The molecule has 1 rings (SSSR count). The van der Waals surface area contributed by atoms with Gasteiger partial charge in [0.25, 0.3) is 0 Å². The van der Waals surface area contributed by atoms with Crippen LogP contribution < -0.4 is 0 Å². The number of aryl methyl sites for hydroxylation is 1. The minimum Gasteiger partial charge on any atom is -0.462 e. The van der Waals surface area contributed by atoms with Crippen molar-refractivity contribution in [2.75, 3.05) is 6.61 Å². The Morgan fingerprint density at radius 3 is 2.87 bits per heavy atom. The van der Waals surface area contributed by atoms with E-state index >= 15 is 0 Å². The molecular formula is C11H11NO3. The molecule has 0 aliphatic rings. The number of nitrogens with zero attached hydrogens (tertiary/aromatic N) is 1. The van der Waals surface area contributed by atoms with Crippen molar-refractivity contribution in [3.8, 4) is 6.07 Å². The topological polar surface area (TPSA) is 63.2 Å². The van der Waals surface area contributed by atoms with Crippen LogP contribution in [0.15, 0.2) is 22.1 Å². The Bertz CT molecular complexity index is 423. The highest BCUT2D eigenvalue weighted by atomic mass is 16.5. The second kappa shape index (κ2) is 5.01. The van der Waals surface area contributed by atoms with Gasteiger partial charge in [0.2, 0.25) is 0 Å². The predicted molar refractivity (Wildman–Crippen MR) is 53.7 cm³/mol. The largest absolute Gasteiger partial charge is 0.462 e. The number of carbonyl (C=O) groups excluding carboxylic acids is 1. The number of furan rings is 1. The van der Waals surface area contributed by atoms with Gasteiger partial charge in [-0.05, 0) is 26.0 Å². The van der Waals surface area contributed by atoms with E-state index in [1.807, 2.05) is 0 Å². The number of nitriles is 1. The molecule has 0 spiro atoms. The molecule has 4 nitrogen and oxygen atoms in total. The van der Waals surface area contributed by atoms with Crippen molar-refractivity contribution < 1.29 is 13.9 Å². The first kappa shape index (κ1) is 11.1. The molecule has 4 heteroatoms. The van der Waals surface area contributed by atoms with Gasteiger partial charge < -0.3 is 9.15 Å². The van der Waals surface area contributed by atoms with Gasteiger partial charge in [-0.2, -0.15) is 5.26 Å². The van der Waals surface area contributed by atoms with Gasteiger partial charge in [-0.15, -0.1) is 0 Å². The van der Waals surface area contributed by atoms with Crippen molar-refractivity contribution in [1.29, 1.82) is 5.26 Å². The molecule has 0 aliphatic carbocycles. The third kappa shape index (κ3) is 2.99. The molecule has 0 saturated carbocycles. The van der Waals surface area contributed by atoms with Crippen molar-refractivity contribution in [1.82, 2.24) is 0 Å². The molecule has 0 amide bonds. The molecule has 0 aliphatic heterocycles. The average Bonchev–Trinajstić information content (AvgIpc) is 2.61. The predicted octanol–water partition coefficient (Wildman–Crippen LogP) is 2.06. The van der Waals surface area contributed by atoms with Crippen LogP contribution in [0.25, 0.3) is 6.08 Å². The Morgan fingerprint density at radius 1 is 1.67 bits per heavy atom. The van der Waals surface area contributed by atoms with Crippen LogP contribution in [0.2, 0.25) is 0 Å². The Kier molecular flexibility index (Phi) is 3.69. The zero-order valence-electron chi connectivity index (χ0n) is 8.61. The lowest BCUT2D eigenvalue weighted by Gasteiger charge is -1.97. The molecular weight excluding hydrogens is 194 g/mol. The molecule has 78 valence electrons. The summed E-state index contributed by atoms with van der Waals surface area (Å²) in [6, 6.07) is 5.21. The van der Waals surface area contributed by atoms with Crippen molar-refractivity contribution in [2.45, 2.75) is 13.8 Å². The standard InChI is InChI=1S/C11H11NO3/c1-3-14-11(13)9(7-12)6-10-5-4-8(2)15-10/h4-6H,3H2,1-2H3. The fourth-order valence-corrected chi connectivity index (χ4v) is 1.02. The SMILES string of the molecule is CCOC(=O)C(C#N)=Cc1ccc(C)o1. The first-order chi connectivity index (χ1) is 7.17.